The van der Waals surface area contributed by atoms with E-state index in [-0.39, 0.29) is 12.4 Å². The van der Waals surface area contributed by atoms with Crippen LogP contribution in [0.2, 0.25) is 0 Å². The van der Waals surface area contributed by atoms with E-state index in [0.717, 1.165) is 0 Å². The summed E-state index contributed by atoms with van der Waals surface area (Å²) in [6.45, 7) is 0.101. The lowest BCUT2D eigenvalue weighted by atomic mass is 10.2. The van der Waals surface area contributed by atoms with Crippen LogP contribution in [0.25, 0.3) is 5.69 Å². The predicted molar refractivity (Wildman–Crippen MR) is 83.6 cm³/mol. The molecule has 0 bridgehead atoms. The third-order valence-electron chi connectivity index (χ3n) is 3.22. The molecule has 0 aliphatic heterocycles. The molecule has 2 aromatic carbocycles. The molecule has 2 amide bonds. The molecule has 116 valence electrons. The first-order valence-electron chi connectivity index (χ1n) is 6.96. The van der Waals surface area contributed by atoms with Crippen LogP contribution >= 0.6 is 0 Å². The van der Waals surface area contributed by atoms with Gasteiger partial charge in [-0.1, -0.05) is 30.3 Å². The molecule has 0 saturated carbocycles. The molecule has 0 aliphatic carbocycles. The van der Waals surface area contributed by atoms with Crippen LogP contribution in [0.1, 0.15) is 5.56 Å². The number of benzene rings is 2. The summed E-state index contributed by atoms with van der Waals surface area (Å²) in [4.78, 5) is 15.9. The van der Waals surface area contributed by atoms with Crippen molar-refractivity contribution in [3.8, 4) is 5.69 Å². The summed E-state index contributed by atoms with van der Waals surface area (Å²) in [5, 5.41) is 9.40. The van der Waals surface area contributed by atoms with E-state index in [1.807, 2.05) is 6.07 Å². The number of carbonyl (C=O) groups is 1. The largest absolute Gasteiger partial charge is 0.334 e. The number of rotatable bonds is 4. The fourth-order valence-electron chi connectivity index (χ4n) is 2.10. The number of anilines is 1. The molecule has 23 heavy (non-hydrogen) atoms. The SMILES string of the molecule is O=C(NCc1ccccc1F)Nc1ccccc1-n1cncn1. The van der Waals surface area contributed by atoms with Gasteiger partial charge in [0.25, 0.3) is 0 Å². The van der Waals surface area contributed by atoms with Crippen LogP contribution in [-0.4, -0.2) is 20.8 Å². The monoisotopic (exact) mass is 311 g/mol. The Morgan fingerprint density at radius 3 is 2.70 bits per heavy atom. The van der Waals surface area contributed by atoms with E-state index < -0.39 is 6.03 Å². The van der Waals surface area contributed by atoms with Gasteiger partial charge < -0.3 is 10.6 Å². The molecule has 0 spiro atoms. The molecular weight excluding hydrogens is 297 g/mol. The molecule has 0 radical (unpaired) electrons. The van der Waals surface area contributed by atoms with Gasteiger partial charge in [0.15, 0.2) is 0 Å². The Morgan fingerprint density at radius 1 is 1.13 bits per heavy atom. The van der Waals surface area contributed by atoms with E-state index in [0.29, 0.717) is 16.9 Å². The van der Waals surface area contributed by atoms with Crippen molar-refractivity contribution in [3.05, 3.63) is 72.6 Å². The van der Waals surface area contributed by atoms with Gasteiger partial charge in [-0.15, -0.1) is 0 Å². The summed E-state index contributed by atoms with van der Waals surface area (Å²) in [5.74, 6) is -0.351. The lowest BCUT2D eigenvalue weighted by Gasteiger charge is -2.11. The zero-order chi connectivity index (χ0) is 16.1. The first kappa shape index (κ1) is 14.7. The molecule has 1 heterocycles. The molecule has 0 unspecified atom stereocenters. The van der Waals surface area contributed by atoms with Crippen molar-refractivity contribution >= 4 is 11.7 Å². The van der Waals surface area contributed by atoms with E-state index in [2.05, 4.69) is 20.7 Å². The second-order valence-corrected chi connectivity index (χ2v) is 4.76. The molecule has 0 aliphatic rings. The number of aromatic nitrogens is 3. The van der Waals surface area contributed by atoms with Gasteiger partial charge in [0, 0.05) is 12.1 Å². The lowest BCUT2D eigenvalue weighted by molar-refractivity contribution is 0.251. The van der Waals surface area contributed by atoms with Crippen LogP contribution in [0.5, 0.6) is 0 Å². The van der Waals surface area contributed by atoms with Crippen LogP contribution in [0.15, 0.2) is 61.2 Å². The Bertz CT molecular complexity index is 804. The van der Waals surface area contributed by atoms with Crippen LogP contribution in [0, 0.1) is 5.82 Å². The Morgan fingerprint density at radius 2 is 1.91 bits per heavy atom. The second kappa shape index (κ2) is 6.69. The van der Waals surface area contributed by atoms with Gasteiger partial charge in [-0.05, 0) is 18.2 Å². The van der Waals surface area contributed by atoms with Gasteiger partial charge in [-0.3, -0.25) is 0 Å². The van der Waals surface area contributed by atoms with Gasteiger partial charge in [-0.25, -0.2) is 18.9 Å². The summed E-state index contributed by atoms with van der Waals surface area (Å²) in [7, 11) is 0. The summed E-state index contributed by atoms with van der Waals surface area (Å²) < 4.78 is 15.1. The van der Waals surface area contributed by atoms with Crippen LogP contribution in [-0.2, 0) is 6.54 Å². The average molecular weight is 311 g/mol. The number of carbonyl (C=O) groups excluding carboxylic acids is 1. The van der Waals surface area contributed by atoms with E-state index in [9.17, 15) is 9.18 Å². The highest BCUT2D eigenvalue weighted by Crippen LogP contribution is 2.18. The third-order valence-corrected chi connectivity index (χ3v) is 3.22. The second-order valence-electron chi connectivity index (χ2n) is 4.76. The lowest BCUT2D eigenvalue weighted by Crippen LogP contribution is -2.29. The molecule has 1 aromatic heterocycles. The van der Waals surface area contributed by atoms with Crippen molar-refractivity contribution in [2.45, 2.75) is 6.54 Å². The maximum Gasteiger partial charge on any atom is 0.319 e. The molecule has 6 nitrogen and oxygen atoms in total. The minimum absolute atomic E-state index is 0.101. The molecule has 3 aromatic rings. The minimum Gasteiger partial charge on any atom is -0.334 e. The summed E-state index contributed by atoms with van der Waals surface area (Å²) in [6, 6.07) is 13.1. The van der Waals surface area contributed by atoms with Crippen LogP contribution < -0.4 is 10.6 Å². The standard InChI is InChI=1S/C16H14FN5O/c17-13-6-2-1-5-12(13)9-19-16(23)21-14-7-3-4-8-15(14)22-11-18-10-20-22/h1-8,10-11H,9H2,(H2,19,21,23). The fraction of sp³-hybridized carbons (Fsp3) is 0.0625. The first-order valence-corrected chi connectivity index (χ1v) is 6.96. The van der Waals surface area contributed by atoms with Crippen molar-refractivity contribution < 1.29 is 9.18 Å². The number of amides is 2. The smallest absolute Gasteiger partial charge is 0.319 e. The molecule has 0 saturated heterocycles. The van der Waals surface area contributed by atoms with Gasteiger partial charge in [0.1, 0.15) is 18.5 Å². The number of nitrogens with one attached hydrogen (secondary N) is 2. The maximum absolute atomic E-state index is 13.5. The quantitative estimate of drug-likeness (QED) is 0.778. The summed E-state index contributed by atoms with van der Waals surface area (Å²) in [5.41, 5.74) is 1.68. The van der Waals surface area contributed by atoms with Crippen molar-refractivity contribution in [1.29, 1.82) is 0 Å². The third kappa shape index (κ3) is 3.52. The highest BCUT2D eigenvalue weighted by molar-refractivity contribution is 5.91. The summed E-state index contributed by atoms with van der Waals surface area (Å²) >= 11 is 0. The number of urea groups is 1. The highest BCUT2D eigenvalue weighted by Gasteiger charge is 2.09. The van der Waals surface area contributed by atoms with Gasteiger partial charge in [-0.2, -0.15) is 5.10 Å². The van der Waals surface area contributed by atoms with Crippen molar-refractivity contribution in [3.63, 3.8) is 0 Å². The molecule has 0 atom stereocenters. The first-order chi connectivity index (χ1) is 11.2. The van der Waals surface area contributed by atoms with E-state index in [4.69, 9.17) is 0 Å². The van der Waals surface area contributed by atoms with Crippen LogP contribution in [0.3, 0.4) is 0 Å². The Labute approximate surface area is 132 Å². The molecule has 0 fully saturated rings. The summed E-state index contributed by atoms with van der Waals surface area (Å²) in [6.07, 6.45) is 2.95. The van der Waals surface area contributed by atoms with Crippen LogP contribution in [0.4, 0.5) is 14.9 Å². The van der Waals surface area contributed by atoms with Crippen molar-refractivity contribution in [1.82, 2.24) is 20.1 Å². The Hall–Kier alpha value is -3.22. The normalized spacial score (nSPS) is 10.3. The van der Waals surface area contributed by atoms with Gasteiger partial charge in [0.2, 0.25) is 0 Å². The predicted octanol–water partition coefficient (Wildman–Crippen LogP) is 2.73. The zero-order valence-electron chi connectivity index (χ0n) is 12.1. The molecule has 7 heteroatoms. The molecular formula is C16H14FN5O. The highest BCUT2D eigenvalue weighted by atomic mass is 19.1. The van der Waals surface area contributed by atoms with Crippen molar-refractivity contribution in [2.24, 2.45) is 0 Å². The van der Waals surface area contributed by atoms with E-state index >= 15 is 0 Å². The fourth-order valence-corrected chi connectivity index (χ4v) is 2.10. The minimum atomic E-state index is -0.430. The number of para-hydroxylation sites is 2. The number of nitrogens with zero attached hydrogens (tertiary/aromatic N) is 3. The van der Waals surface area contributed by atoms with Crippen molar-refractivity contribution in [2.75, 3.05) is 5.32 Å². The van der Waals surface area contributed by atoms with Gasteiger partial charge >= 0.3 is 6.03 Å². The zero-order valence-corrected chi connectivity index (χ0v) is 12.1. The van der Waals surface area contributed by atoms with E-state index in [1.54, 1.807) is 41.1 Å². The van der Waals surface area contributed by atoms with E-state index in [1.165, 1.54) is 18.7 Å². The topological polar surface area (TPSA) is 71.8 Å². The average Bonchev–Trinajstić information content (AvgIpc) is 3.09. The van der Waals surface area contributed by atoms with Gasteiger partial charge in [0.05, 0.1) is 11.4 Å². The molecule has 2 N–H and O–H groups in total. The Kier molecular flexibility index (Phi) is 4.28. The molecule has 3 rings (SSSR count). The number of hydrogen-bond acceptors (Lipinski definition) is 3. The number of halogens is 1. The Balaban J connectivity index is 1.68. The number of hydrogen-bond donors (Lipinski definition) is 2. The maximum atomic E-state index is 13.5.